The van der Waals surface area contributed by atoms with E-state index in [0.29, 0.717) is 12.6 Å². The van der Waals surface area contributed by atoms with Crippen molar-refractivity contribution in [3.8, 4) is 11.1 Å². The summed E-state index contributed by atoms with van der Waals surface area (Å²) in [6, 6.07) is 11.2. The third-order valence-corrected chi connectivity index (χ3v) is 6.97. The molecule has 1 atom stereocenters. The van der Waals surface area contributed by atoms with Gasteiger partial charge in [-0.25, -0.2) is 9.97 Å². The number of ether oxygens (including phenoxy) is 1. The van der Waals surface area contributed by atoms with Crippen molar-refractivity contribution in [2.45, 2.75) is 31.9 Å². The van der Waals surface area contributed by atoms with E-state index in [1.165, 1.54) is 35.8 Å². The van der Waals surface area contributed by atoms with E-state index in [-0.39, 0.29) is 0 Å². The summed E-state index contributed by atoms with van der Waals surface area (Å²) >= 11 is 1.70. The number of piperidine rings is 1. The number of nitrogens with one attached hydrogen (secondary N) is 2. The van der Waals surface area contributed by atoms with E-state index < -0.39 is 0 Å². The van der Waals surface area contributed by atoms with Gasteiger partial charge in [0.15, 0.2) is 5.82 Å². The summed E-state index contributed by atoms with van der Waals surface area (Å²) in [6.07, 6.45) is 3.60. The Bertz CT molecular complexity index is 962. The number of hydrogen-bond donors (Lipinski definition) is 2. The van der Waals surface area contributed by atoms with Gasteiger partial charge in [-0.15, -0.1) is 11.3 Å². The van der Waals surface area contributed by atoms with Gasteiger partial charge in [0.25, 0.3) is 0 Å². The van der Waals surface area contributed by atoms with Crippen LogP contribution in [0.2, 0.25) is 0 Å². The molecule has 0 radical (unpaired) electrons. The lowest BCUT2D eigenvalue weighted by atomic mass is 9.88. The first-order valence-electron chi connectivity index (χ1n) is 10.4. The normalized spacial score (nSPS) is 20.6. The van der Waals surface area contributed by atoms with E-state index >= 15 is 0 Å². The van der Waals surface area contributed by atoms with Crippen LogP contribution in [0.4, 0.5) is 5.82 Å². The van der Waals surface area contributed by atoms with E-state index in [4.69, 9.17) is 14.7 Å². The summed E-state index contributed by atoms with van der Waals surface area (Å²) in [7, 11) is 1.70. The molecule has 4 heterocycles. The fourth-order valence-electron chi connectivity index (χ4n) is 4.59. The highest BCUT2D eigenvalue weighted by atomic mass is 32.1. The summed E-state index contributed by atoms with van der Waals surface area (Å²) in [4.78, 5) is 13.3. The molecule has 5 rings (SSSR count). The van der Waals surface area contributed by atoms with Crippen LogP contribution < -0.4 is 15.8 Å². The fraction of sp³-hybridized carbons (Fsp3) is 0.455. The number of rotatable bonds is 5. The van der Waals surface area contributed by atoms with Gasteiger partial charge in [0, 0.05) is 43.7 Å². The minimum absolute atomic E-state index is 0.440. The number of hydrazine groups is 1. The van der Waals surface area contributed by atoms with Crippen molar-refractivity contribution in [2.24, 2.45) is 5.92 Å². The lowest BCUT2D eigenvalue weighted by Gasteiger charge is -2.35. The Morgan fingerprint density at radius 2 is 1.97 bits per heavy atom. The van der Waals surface area contributed by atoms with Gasteiger partial charge in [0.2, 0.25) is 0 Å². The van der Waals surface area contributed by atoms with Crippen LogP contribution in [0.1, 0.15) is 25.1 Å². The summed E-state index contributed by atoms with van der Waals surface area (Å²) in [5.74, 6) is 2.56. The monoisotopic (exact) mass is 409 g/mol. The first kappa shape index (κ1) is 18.9. The van der Waals surface area contributed by atoms with Crippen LogP contribution in [0.3, 0.4) is 0 Å². The zero-order valence-electron chi connectivity index (χ0n) is 16.7. The van der Waals surface area contributed by atoms with E-state index in [1.54, 1.807) is 18.4 Å². The third-order valence-electron chi connectivity index (χ3n) is 6.09. The predicted octanol–water partition coefficient (Wildman–Crippen LogP) is 3.59. The molecule has 152 valence electrons. The Morgan fingerprint density at radius 1 is 1.14 bits per heavy atom. The molecule has 0 amide bonds. The molecule has 2 aliphatic heterocycles. The molecule has 6 nitrogen and oxygen atoms in total. The lowest BCUT2D eigenvalue weighted by Crippen LogP contribution is -2.43. The molecule has 2 aromatic heterocycles. The molecule has 0 spiro atoms. The molecule has 7 heteroatoms. The summed E-state index contributed by atoms with van der Waals surface area (Å²) in [5, 5.41) is 3.40. The Balaban J connectivity index is 1.50. The largest absolute Gasteiger partial charge is 0.377 e. The molecule has 0 aliphatic carbocycles. The molecule has 0 saturated carbocycles. The lowest BCUT2D eigenvalue weighted by molar-refractivity contribution is 0.178. The Labute approximate surface area is 175 Å². The van der Waals surface area contributed by atoms with Crippen molar-refractivity contribution in [3.63, 3.8) is 0 Å². The average Bonchev–Trinajstić information content (AvgIpc) is 3.45. The number of aromatic nitrogens is 2. The zero-order chi connectivity index (χ0) is 19.6. The average molecular weight is 410 g/mol. The van der Waals surface area contributed by atoms with E-state index in [1.807, 2.05) is 0 Å². The van der Waals surface area contributed by atoms with E-state index in [9.17, 15) is 0 Å². The minimum atomic E-state index is 0.440. The number of nitrogens with zero attached hydrogens (tertiary/aromatic N) is 3. The second kappa shape index (κ2) is 8.36. The molecule has 1 aromatic carbocycles. The maximum Gasteiger partial charge on any atom is 0.158 e. The van der Waals surface area contributed by atoms with Gasteiger partial charge < -0.3 is 9.64 Å². The molecule has 0 bridgehead atoms. The third kappa shape index (κ3) is 3.75. The van der Waals surface area contributed by atoms with Crippen LogP contribution in [-0.4, -0.2) is 42.8 Å². The van der Waals surface area contributed by atoms with Gasteiger partial charge >= 0.3 is 0 Å². The Hall–Kier alpha value is -2.06. The van der Waals surface area contributed by atoms with Crippen molar-refractivity contribution < 1.29 is 4.74 Å². The second-order valence-electron chi connectivity index (χ2n) is 7.88. The number of anilines is 1. The maximum absolute atomic E-state index is 5.34. The summed E-state index contributed by atoms with van der Waals surface area (Å²) in [6.45, 7) is 3.58. The van der Waals surface area contributed by atoms with Gasteiger partial charge in [-0.3, -0.25) is 10.9 Å². The van der Waals surface area contributed by atoms with Crippen molar-refractivity contribution >= 4 is 27.4 Å². The standard InChI is InChI=1S/C22H27N5OS/c1-28-13-19-24-21(27-11-8-16(9-12-27)18-7-10-23-26-18)20-17(14-29-22(20)25-19)15-5-3-2-4-6-15/h2-6,14,16,18,23,26H,7-13H2,1H3. The van der Waals surface area contributed by atoms with Crippen molar-refractivity contribution in [3.05, 3.63) is 41.5 Å². The first-order valence-corrected chi connectivity index (χ1v) is 11.3. The molecule has 2 saturated heterocycles. The highest BCUT2D eigenvalue weighted by molar-refractivity contribution is 7.17. The molecular weight excluding hydrogens is 382 g/mol. The Morgan fingerprint density at radius 3 is 2.69 bits per heavy atom. The number of fused-ring (bicyclic) bond motifs is 1. The fourth-order valence-corrected chi connectivity index (χ4v) is 5.55. The highest BCUT2D eigenvalue weighted by Gasteiger charge is 2.30. The van der Waals surface area contributed by atoms with E-state index in [2.05, 4.69) is 51.5 Å². The quantitative estimate of drug-likeness (QED) is 0.672. The predicted molar refractivity (Wildman–Crippen MR) is 118 cm³/mol. The molecule has 3 aromatic rings. The van der Waals surface area contributed by atoms with Crippen molar-refractivity contribution in [2.75, 3.05) is 31.6 Å². The zero-order valence-corrected chi connectivity index (χ0v) is 17.5. The van der Waals surface area contributed by atoms with Crippen molar-refractivity contribution in [1.82, 2.24) is 20.8 Å². The SMILES string of the molecule is COCc1nc(N2CCC(C3CCNN3)CC2)c2c(-c3ccccc3)csc2n1. The first-order chi connectivity index (χ1) is 14.3. The Kier molecular flexibility index (Phi) is 5.46. The van der Waals surface area contributed by atoms with Gasteiger partial charge in [-0.05, 0) is 30.7 Å². The number of hydrogen-bond acceptors (Lipinski definition) is 7. The van der Waals surface area contributed by atoms with Gasteiger partial charge in [0.05, 0.1) is 5.39 Å². The summed E-state index contributed by atoms with van der Waals surface area (Å²) in [5.41, 5.74) is 9.19. The molecule has 2 N–H and O–H groups in total. The number of methoxy groups -OCH3 is 1. The molecule has 1 unspecified atom stereocenters. The van der Waals surface area contributed by atoms with Gasteiger partial charge in [-0.2, -0.15) is 0 Å². The van der Waals surface area contributed by atoms with Crippen LogP contribution in [0.25, 0.3) is 21.3 Å². The topological polar surface area (TPSA) is 62.3 Å². The number of thiophene rings is 1. The molecule has 2 aliphatic rings. The van der Waals surface area contributed by atoms with Crippen LogP contribution in [0.5, 0.6) is 0 Å². The molecule has 2 fully saturated rings. The maximum atomic E-state index is 5.34. The van der Waals surface area contributed by atoms with Gasteiger partial charge in [0.1, 0.15) is 17.3 Å². The van der Waals surface area contributed by atoms with E-state index in [0.717, 1.165) is 42.0 Å². The second-order valence-corrected chi connectivity index (χ2v) is 8.74. The van der Waals surface area contributed by atoms with Crippen LogP contribution in [0.15, 0.2) is 35.7 Å². The summed E-state index contributed by atoms with van der Waals surface area (Å²) < 4.78 is 5.34. The minimum Gasteiger partial charge on any atom is -0.377 e. The molecule has 29 heavy (non-hydrogen) atoms. The van der Waals surface area contributed by atoms with Crippen LogP contribution >= 0.6 is 11.3 Å². The number of benzene rings is 1. The highest BCUT2D eigenvalue weighted by Crippen LogP contribution is 2.39. The molecular formula is C22H27N5OS. The van der Waals surface area contributed by atoms with Crippen LogP contribution in [0, 0.1) is 5.92 Å². The van der Waals surface area contributed by atoms with Gasteiger partial charge in [-0.1, -0.05) is 30.3 Å². The van der Waals surface area contributed by atoms with Crippen molar-refractivity contribution in [1.29, 1.82) is 0 Å². The smallest absolute Gasteiger partial charge is 0.158 e. The van der Waals surface area contributed by atoms with Crippen LogP contribution in [-0.2, 0) is 11.3 Å².